The number of nitrogens with zero attached hydrogens (tertiary/aromatic N) is 4. The Balaban J connectivity index is 1.92. The number of rotatable bonds is 8. The Hall–Kier alpha value is -1.36. The maximum atomic E-state index is 12.0. The molecule has 9 N–H and O–H groups in total. The number of ether oxygens (including phenoxy) is 1. The standard InChI is InChI=1S/C10H17N6O12P3/c11-8-5-9(13-2-12-8)16(3-14-5)10-6(17)7(4(27-10)1-26-31(23,24)25)28-30(21,22)15-29(18,19)20/h2-4,6-7,10,17H,1H2,(H2,11,12,13)(H2,23,24,25)(H4,15,18,19,20,21,22)/t4-,6-,7-,10-/m1/s1. The summed E-state index contributed by atoms with van der Waals surface area (Å²) in [4.78, 5) is 57.9. The Morgan fingerprint density at radius 2 is 1.84 bits per heavy atom. The van der Waals surface area contributed by atoms with Crippen LogP contribution in [0, 0.1) is 0 Å². The van der Waals surface area contributed by atoms with Crippen LogP contribution in [0.2, 0.25) is 0 Å². The van der Waals surface area contributed by atoms with E-state index in [2.05, 4.69) is 19.5 Å². The molecule has 3 heterocycles. The summed E-state index contributed by atoms with van der Waals surface area (Å²) in [5.41, 5.74) is 5.88. The second kappa shape index (κ2) is 8.53. The van der Waals surface area contributed by atoms with E-state index in [0.29, 0.717) is 0 Å². The van der Waals surface area contributed by atoms with Crippen LogP contribution in [0.5, 0.6) is 0 Å². The number of nitrogens with two attached hydrogens (primary N) is 1. The van der Waals surface area contributed by atoms with Gasteiger partial charge in [0.25, 0.3) is 0 Å². The molecule has 1 aliphatic rings. The van der Waals surface area contributed by atoms with Gasteiger partial charge in [0, 0.05) is 0 Å². The number of aromatic nitrogens is 4. The zero-order valence-electron chi connectivity index (χ0n) is 15.0. The molecule has 0 saturated carbocycles. The highest BCUT2D eigenvalue weighted by Crippen LogP contribution is 2.52. The van der Waals surface area contributed by atoms with E-state index in [1.54, 1.807) is 0 Å². The van der Waals surface area contributed by atoms with Gasteiger partial charge in [-0.3, -0.25) is 13.6 Å². The molecule has 0 bridgehead atoms. The second-order valence-electron chi connectivity index (χ2n) is 6.16. The SMILES string of the molecule is Nc1ncnc2c1ncn2[C@@H]1O[C@H](COP(=O)(O)O)[C@@H](OP(=O)(O)NP(=O)(O)O)[C@H]1O. The number of anilines is 1. The summed E-state index contributed by atoms with van der Waals surface area (Å²) in [6, 6.07) is 0. The molecule has 1 fully saturated rings. The number of nitrogens with one attached hydrogen (secondary N) is 1. The molecule has 0 aromatic carbocycles. The number of phosphoric ester groups is 1. The monoisotopic (exact) mass is 506 g/mol. The highest BCUT2D eigenvalue weighted by molar-refractivity contribution is 7.66. The number of phosphoric acid groups is 1. The first-order valence-electron chi connectivity index (χ1n) is 8.00. The minimum Gasteiger partial charge on any atom is -0.386 e. The van der Waals surface area contributed by atoms with Crippen LogP contribution in [-0.2, 0) is 27.5 Å². The minimum atomic E-state index is -5.24. The predicted molar refractivity (Wildman–Crippen MR) is 97.5 cm³/mol. The van der Waals surface area contributed by atoms with Crippen molar-refractivity contribution in [3.05, 3.63) is 12.7 Å². The van der Waals surface area contributed by atoms with Crippen LogP contribution in [-0.4, -0.2) is 74.0 Å². The van der Waals surface area contributed by atoms with E-state index >= 15 is 0 Å². The summed E-state index contributed by atoms with van der Waals surface area (Å²) < 4.78 is 49.7. The maximum Gasteiger partial charge on any atom is 0.469 e. The lowest BCUT2D eigenvalue weighted by molar-refractivity contribution is -0.0499. The highest BCUT2D eigenvalue weighted by atomic mass is 31.3. The average Bonchev–Trinajstić information content (AvgIpc) is 3.13. The average molecular weight is 506 g/mol. The Kier molecular flexibility index (Phi) is 6.68. The molecule has 1 unspecified atom stereocenters. The second-order valence-corrected chi connectivity index (χ2v) is 10.5. The fourth-order valence-electron chi connectivity index (χ4n) is 2.79. The molecule has 2 aromatic rings. The van der Waals surface area contributed by atoms with Crippen molar-refractivity contribution < 1.29 is 57.1 Å². The molecule has 21 heteroatoms. The molecule has 174 valence electrons. The van der Waals surface area contributed by atoms with Gasteiger partial charge < -0.3 is 40.0 Å². The van der Waals surface area contributed by atoms with Crippen LogP contribution in [0.3, 0.4) is 0 Å². The molecular weight excluding hydrogens is 489 g/mol. The number of imidazole rings is 1. The van der Waals surface area contributed by atoms with Gasteiger partial charge in [0.1, 0.15) is 30.2 Å². The lowest BCUT2D eigenvalue weighted by atomic mass is 10.1. The van der Waals surface area contributed by atoms with Crippen molar-refractivity contribution in [1.82, 2.24) is 24.4 Å². The zero-order valence-corrected chi connectivity index (χ0v) is 17.7. The number of hydrogen-bond acceptors (Lipinski definition) is 11. The Morgan fingerprint density at radius 1 is 1.16 bits per heavy atom. The van der Waals surface area contributed by atoms with Crippen LogP contribution in [0.15, 0.2) is 12.7 Å². The van der Waals surface area contributed by atoms with Crippen molar-refractivity contribution in [1.29, 1.82) is 0 Å². The first kappa shape index (κ1) is 24.3. The van der Waals surface area contributed by atoms with Gasteiger partial charge in [-0.25, -0.2) is 28.6 Å². The molecule has 31 heavy (non-hydrogen) atoms. The summed E-state index contributed by atoms with van der Waals surface area (Å²) in [7, 11) is -15.5. The normalized spacial score (nSPS) is 26.9. The lowest BCUT2D eigenvalue weighted by Gasteiger charge is -2.23. The third-order valence-corrected chi connectivity index (χ3v) is 6.97. The minimum absolute atomic E-state index is 0.00359. The lowest BCUT2D eigenvalue weighted by Crippen LogP contribution is -2.36. The van der Waals surface area contributed by atoms with Crippen LogP contribution in [0.4, 0.5) is 5.82 Å². The van der Waals surface area contributed by atoms with E-state index < -0.39 is 54.5 Å². The van der Waals surface area contributed by atoms with Gasteiger partial charge in [-0.15, -0.1) is 4.86 Å². The van der Waals surface area contributed by atoms with Gasteiger partial charge in [-0.2, -0.15) is 0 Å². The molecule has 0 radical (unpaired) electrons. The molecule has 2 aromatic heterocycles. The Morgan fingerprint density at radius 3 is 2.45 bits per heavy atom. The molecule has 0 amide bonds. The van der Waals surface area contributed by atoms with Crippen molar-refractivity contribution in [2.24, 2.45) is 0 Å². The van der Waals surface area contributed by atoms with Crippen molar-refractivity contribution in [2.45, 2.75) is 24.5 Å². The fraction of sp³-hybridized carbons (Fsp3) is 0.500. The first-order chi connectivity index (χ1) is 14.2. The van der Waals surface area contributed by atoms with E-state index in [4.69, 9.17) is 34.6 Å². The largest absolute Gasteiger partial charge is 0.469 e. The van der Waals surface area contributed by atoms with Gasteiger partial charge >= 0.3 is 23.3 Å². The van der Waals surface area contributed by atoms with Gasteiger partial charge in [0.2, 0.25) is 0 Å². The molecule has 0 aliphatic carbocycles. The van der Waals surface area contributed by atoms with E-state index in [1.165, 1.54) is 0 Å². The number of hydrogen-bond donors (Lipinski definition) is 8. The van der Waals surface area contributed by atoms with E-state index in [9.17, 15) is 23.7 Å². The zero-order chi connectivity index (χ0) is 23.2. The van der Waals surface area contributed by atoms with Crippen molar-refractivity contribution in [2.75, 3.05) is 12.3 Å². The van der Waals surface area contributed by atoms with Crippen LogP contribution in [0.1, 0.15) is 6.23 Å². The highest BCUT2D eigenvalue weighted by Gasteiger charge is 2.50. The van der Waals surface area contributed by atoms with E-state index in [1.807, 2.05) is 0 Å². The first-order valence-corrected chi connectivity index (χ1v) is 12.7. The third-order valence-electron chi connectivity index (χ3n) is 3.90. The Labute approximate surface area is 172 Å². The van der Waals surface area contributed by atoms with E-state index in [0.717, 1.165) is 22.1 Å². The molecule has 0 spiro atoms. The summed E-state index contributed by atoms with van der Waals surface area (Å²) in [6.07, 6.45) is -4.46. The summed E-state index contributed by atoms with van der Waals surface area (Å²) in [6.45, 7) is -0.928. The molecule has 1 aliphatic heterocycles. The molecule has 3 rings (SSSR count). The summed E-state index contributed by atoms with van der Waals surface area (Å²) in [5, 5.41) is 10.6. The Bertz CT molecular complexity index is 1100. The maximum absolute atomic E-state index is 12.0. The van der Waals surface area contributed by atoms with Crippen molar-refractivity contribution in [3.8, 4) is 0 Å². The fourth-order valence-corrected chi connectivity index (χ4v) is 5.23. The molecule has 1 saturated heterocycles. The van der Waals surface area contributed by atoms with Crippen LogP contribution in [0.25, 0.3) is 11.2 Å². The van der Waals surface area contributed by atoms with Crippen molar-refractivity contribution in [3.63, 3.8) is 0 Å². The quantitative estimate of drug-likeness (QED) is 0.179. The summed E-state index contributed by atoms with van der Waals surface area (Å²) >= 11 is 0. The summed E-state index contributed by atoms with van der Waals surface area (Å²) in [5.74, 6) is -0.00359. The van der Waals surface area contributed by atoms with Gasteiger partial charge in [0.05, 0.1) is 12.9 Å². The van der Waals surface area contributed by atoms with Gasteiger partial charge in [0.15, 0.2) is 17.7 Å². The molecule has 18 nitrogen and oxygen atoms in total. The van der Waals surface area contributed by atoms with Crippen LogP contribution >= 0.6 is 23.3 Å². The van der Waals surface area contributed by atoms with Crippen LogP contribution < -0.4 is 10.6 Å². The predicted octanol–water partition coefficient (Wildman–Crippen LogP) is -2.06. The number of nitrogen functional groups attached to an aromatic ring is 1. The number of aliphatic hydroxyl groups excluding tert-OH is 1. The smallest absolute Gasteiger partial charge is 0.386 e. The van der Waals surface area contributed by atoms with Gasteiger partial charge in [-0.05, 0) is 0 Å². The van der Waals surface area contributed by atoms with Gasteiger partial charge in [-0.1, -0.05) is 0 Å². The number of aliphatic hydroxyl groups is 1. The third kappa shape index (κ3) is 5.91. The topological polar surface area (TPSA) is 282 Å². The van der Waals surface area contributed by atoms with Crippen molar-refractivity contribution >= 4 is 40.3 Å². The molecular formula is C10H17N6O12P3. The molecule has 5 atom stereocenters. The number of fused-ring (bicyclic) bond motifs is 1. The van der Waals surface area contributed by atoms with E-state index in [-0.39, 0.29) is 17.0 Å².